The van der Waals surface area contributed by atoms with Gasteiger partial charge >= 0.3 is 0 Å². The van der Waals surface area contributed by atoms with Crippen LogP contribution < -0.4 is 0 Å². The van der Waals surface area contributed by atoms with Gasteiger partial charge in [0.1, 0.15) is 5.76 Å². The highest BCUT2D eigenvalue weighted by atomic mass is 16.3. The van der Waals surface area contributed by atoms with Gasteiger partial charge in [-0.2, -0.15) is 0 Å². The standard InChI is InChI=1S/C18H23NO2/c1-13-9-14(2)11-17(10-13)18(20)5-7-19(4)12-16-6-8-21-15(16)3/h6,8-11H,5,7,12H2,1-4H3. The monoisotopic (exact) mass is 285 g/mol. The van der Waals surface area contributed by atoms with E-state index < -0.39 is 0 Å². The highest BCUT2D eigenvalue weighted by Crippen LogP contribution is 2.13. The molecule has 2 rings (SSSR count). The van der Waals surface area contributed by atoms with Crippen LogP contribution in [0.5, 0.6) is 0 Å². The third-order valence-corrected chi connectivity index (χ3v) is 3.67. The van der Waals surface area contributed by atoms with E-state index in [-0.39, 0.29) is 5.78 Å². The molecule has 0 spiro atoms. The molecule has 2 aromatic rings. The first-order chi connectivity index (χ1) is 9.95. The number of carbonyl (C=O) groups excluding carboxylic acids is 1. The Morgan fingerprint density at radius 2 is 1.81 bits per heavy atom. The van der Waals surface area contributed by atoms with Crippen LogP contribution in [0.1, 0.15) is 39.2 Å². The summed E-state index contributed by atoms with van der Waals surface area (Å²) in [5.74, 6) is 1.15. The minimum Gasteiger partial charge on any atom is -0.469 e. The fraction of sp³-hybridized carbons (Fsp3) is 0.389. The Balaban J connectivity index is 1.90. The van der Waals surface area contributed by atoms with Crippen LogP contribution in [-0.4, -0.2) is 24.3 Å². The molecule has 112 valence electrons. The Bertz CT molecular complexity index is 608. The summed E-state index contributed by atoms with van der Waals surface area (Å²) in [6, 6.07) is 8.01. The van der Waals surface area contributed by atoms with Crippen molar-refractivity contribution in [1.82, 2.24) is 4.90 Å². The van der Waals surface area contributed by atoms with Crippen LogP contribution in [0, 0.1) is 20.8 Å². The number of Topliss-reactive ketones (excluding diaryl/α,β-unsaturated/α-hetero) is 1. The van der Waals surface area contributed by atoms with E-state index >= 15 is 0 Å². The lowest BCUT2D eigenvalue weighted by Crippen LogP contribution is -2.21. The number of ketones is 1. The Labute approximate surface area is 126 Å². The van der Waals surface area contributed by atoms with E-state index in [9.17, 15) is 4.79 Å². The third kappa shape index (κ3) is 4.30. The summed E-state index contributed by atoms with van der Waals surface area (Å²) in [6.45, 7) is 7.57. The summed E-state index contributed by atoms with van der Waals surface area (Å²) in [6.07, 6.45) is 2.25. The van der Waals surface area contributed by atoms with Crippen LogP contribution in [0.3, 0.4) is 0 Å². The van der Waals surface area contributed by atoms with Gasteiger partial charge < -0.3 is 9.32 Å². The van der Waals surface area contributed by atoms with Crippen LogP contribution in [0.4, 0.5) is 0 Å². The van der Waals surface area contributed by atoms with E-state index in [4.69, 9.17) is 4.42 Å². The van der Waals surface area contributed by atoms with E-state index in [0.29, 0.717) is 6.42 Å². The normalized spacial score (nSPS) is 11.1. The summed E-state index contributed by atoms with van der Waals surface area (Å²) in [5, 5.41) is 0. The first-order valence-corrected chi connectivity index (χ1v) is 7.28. The smallest absolute Gasteiger partial charge is 0.164 e. The average molecular weight is 285 g/mol. The highest BCUT2D eigenvalue weighted by molar-refractivity contribution is 5.96. The molecule has 1 heterocycles. The van der Waals surface area contributed by atoms with Crippen molar-refractivity contribution >= 4 is 5.78 Å². The van der Waals surface area contributed by atoms with E-state index in [1.165, 1.54) is 5.56 Å². The summed E-state index contributed by atoms with van der Waals surface area (Å²) < 4.78 is 5.29. The second-order valence-corrected chi connectivity index (χ2v) is 5.79. The molecule has 0 aliphatic heterocycles. The molecule has 0 unspecified atom stereocenters. The first-order valence-electron chi connectivity index (χ1n) is 7.28. The molecule has 0 amide bonds. The molecule has 0 aliphatic rings. The SMILES string of the molecule is Cc1cc(C)cc(C(=O)CCN(C)Cc2ccoc2C)c1. The maximum absolute atomic E-state index is 12.3. The van der Waals surface area contributed by atoms with Gasteiger partial charge in [-0.3, -0.25) is 4.79 Å². The Kier molecular flexibility index (Phi) is 4.97. The number of aryl methyl sites for hydroxylation is 3. The lowest BCUT2D eigenvalue weighted by Gasteiger charge is -2.15. The molecule has 0 saturated carbocycles. The average Bonchev–Trinajstić information content (AvgIpc) is 2.80. The molecule has 1 aromatic carbocycles. The van der Waals surface area contributed by atoms with E-state index in [0.717, 1.165) is 35.5 Å². The number of nitrogens with zero attached hydrogens (tertiary/aromatic N) is 1. The molecule has 0 saturated heterocycles. The summed E-state index contributed by atoms with van der Waals surface area (Å²) in [5.41, 5.74) is 4.28. The molecule has 3 nitrogen and oxygen atoms in total. The molecule has 0 radical (unpaired) electrons. The topological polar surface area (TPSA) is 33.5 Å². The van der Waals surface area contributed by atoms with Crippen LogP contribution in [0.25, 0.3) is 0 Å². The molecule has 21 heavy (non-hydrogen) atoms. The molecule has 1 aromatic heterocycles. The second kappa shape index (κ2) is 6.72. The van der Waals surface area contributed by atoms with Gasteiger partial charge in [-0.1, -0.05) is 17.2 Å². The number of carbonyl (C=O) groups is 1. The molecule has 3 heteroatoms. The zero-order valence-corrected chi connectivity index (χ0v) is 13.3. The van der Waals surface area contributed by atoms with E-state index in [2.05, 4.69) is 11.0 Å². The Morgan fingerprint density at radius 3 is 2.38 bits per heavy atom. The quantitative estimate of drug-likeness (QED) is 0.754. The van der Waals surface area contributed by atoms with Gasteiger partial charge in [0, 0.05) is 30.6 Å². The number of furan rings is 1. The Hall–Kier alpha value is -1.87. The van der Waals surface area contributed by atoms with Crippen molar-refractivity contribution in [2.24, 2.45) is 0 Å². The van der Waals surface area contributed by atoms with Crippen molar-refractivity contribution in [3.63, 3.8) is 0 Å². The van der Waals surface area contributed by atoms with Crippen LogP contribution in [0.2, 0.25) is 0 Å². The van der Waals surface area contributed by atoms with Crippen LogP contribution in [0.15, 0.2) is 34.9 Å². The number of hydrogen-bond acceptors (Lipinski definition) is 3. The molecule has 0 fully saturated rings. The molecular weight excluding hydrogens is 262 g/mol. The Morgan fingerprint density at radius 1 is 1.14 bits per heavy atom. The van der Waals surface area contributed by atoms with Crippen LogP contribution in [-0.2, 0) is 6.54 Å². The summed E-state index contributed by atoms with van der Waals surface area (Å²) in [4.78, 5) is 14.4. The minimum atomic E-state index is 0.206. The lowest BCUT2D eigenvalue weighted by atomic mass is 10.0. The maximum Gasteiger partial charge on any atom is 0.164 e. The van der Waals surface area contributed by atoms with Gasteiger partial charge in [0.05, 0.1) is 6.26 Å². The number of hydrogen-bond donors (Lipinski definition) is 0. The van der Waals surface area contributed by atoms with Crippen molar-refractivity contribution in [1.29, 1.82) is 0 Å². The van der Waals surface area contributed by atoms with Crippen LogP contribution >= 0.6 is 0 Å². The molecule has 0 bridgehead atoms. The van der Waals surface area contributed by atoms with Crippen molar-refractivity contribution in [3.05, 3.63) is 58.5 Å². The van der Waals surface area contributed by atoms with Gasteiger partial charge in [0.25, 0.3) is 0 Å². The molecule has 0 atom stereocenters. The van der Waals surface area contributed by atoms with Gasteiger partial charge in [-0.15, -0.1) is 0 Å². The van der Waals surface area contributed by atoms with Gasteiger partial charge in [0.15, 0.2) is 5.78 Å². The molecule has 0 N–H and O–H groups in total. The maximum atomic E-state index is 12.3. The lowest BCUT2D eigenvalue weighted by molar-refractivity contribution is 0.0967. The predicted octanol–water partition coefficient (Wildman–Crippen LogP) is 3.91. The van der Waals surface area contributed by atoms with Gasteiger partial charge in [0.2, 0.25) is 0 Å². The van der Waals surface area contributed by atoms with Gasteiger partial charge in [-0.05, 0) is 46.0 Å². The number of benzene rings is 1. The van der Waals surface area contributed by atoms with Crippen molar-refractivity contribution < 1.29 is 9.21 Å². The van der Waals surface area contributed by atoms with E-state index in [1.54, 1.807) is 6.26 Å². The minimum absolute atomic E-state index is 0.206. The molecule has 0 aliphatic carbocycles. The summed E-state index contributed by atoms with van der Waals surface area (Å²) >= 11 is 0. The third-order valence-electron chi connectivity index (χ3n) is 3.67. The predicted molar refractivity (Wildman–Crippen MR) is 84.6 cm³/mol. The van der Waals surface area contributed by atoms with Crippen molar-refractivity contribution in [2.45, 2.75) is 33.7 Å². The first kappa shape index (κ1) is 15.5. The fourth-order valence-electron chi connectivity index (χ4n) is 2.52. The largest absolute Gasteiger partial charge is 0.469 e. The summed E-state index contributed by atoms with van der Waals surface area (Å²) in [7, 11) is 2.03. The number of rotatable bonds is 6. The van der Waals surface area contributed by atoms with E-state index in [1.807, 2.05) is 46.0 Å². The highest BCUT2D eigenvalue weighted by Gasteiger charge is 2.10. The zero-order chi connectivity index (χ0) is 15.4. The second-order valence-electron chi connectivity index (χ2n) is 5.79. The van der Waals surface area contributed by atoms with Gasteiger partial charge in [-0.25, -0.2) is 0 Å². The van der Waals surface area contributed by atoms with Crippen molar-refractivity contribution in [2.75, 3.05) is 13.6 Å². The molecular formula is C18H23NO2. The van der Waals surface area contributed by atoms with Crippen molar-refractivity contribution in [3.8, 4) is 0 Å². The fourth-order valence-corrected chi connectivity index (χ4v) is 2.52. The zero-order valence-electron chi connectivity index (χ0n) is 13.3.